The van der Waals surface area contributed by atoms with E-state index in [1.165, 1.54) is 24.0 Å². The van der Waals surface area contributed by atoms with Crippen LogP contribution in [-0.4, -0.2) is 18.3 Å². The molecule has 2 nitrogen and oxygen atoms in total. The number of hydrogen-bond donors (Lipinski definition) is 2. The third kappa shape index (κ3) is 3.62. The number of rotatable bonds is 6. The number of aliphatic hydroxyl groups is 1. The highest BCUT2D eigenvalue weighted by Crippen LogP contribution is 2.37. The average molecular weight is 275 g/mol. The normalized spacial score (nSPS) is 19.4. The summed E-state index contributed by atoms with van der Waals surface area (Å²) in [5, 5.41) is 13.3. The molecule has 2 heteroatoms. The first-order chi connectivity index (χ1) is 9.56. The summed E-state index contributed by atoms with van der Waals surface area (Å²) in [4.78, 5) is 0. The third-order valence-electron chi connectivity index (χ3n) is 4.89. The summed E-state index contributed by atoms with van der Waals surface area (Å²) in [6, 6.07) is 9.27. The van der Waals surface area contributed by atoms with E-state index >= 15 is 0 Å². The lowest BCUT2D eigenvalue weighted by Crippen LogP contribution is -2.36. The molecule has 0 aliphatic heterocycles. The second-order valence-electron chi connectivity index (χ2n) is 6.79. The van der Waals surface area contributed by atoms with Crippen LogP contribution in [0, 0.1) is 5.41 Å². The van der Waals surface area contributed by atoms with Crippen molar-refractivity contribution in [3.8, 4) is 0 Å². The standard InChI is InChI=1S/C18H29NO/c1-14(2)16-6-8-17(9-7-16)15(3)19-12-18(13-20)10-4-5-11-18/h6-9,14-15,19-20H,4-5,10-13H2,1-3H3. The summed E-state index contributed by atoms with van der Waals surface area (Å²) < 4.78 is 0. The van der Waals surface area contributed by atoms with Crippen LogP contribution in [0.3, 0.4) is 0 Å². The third-order valence-corrected chi connectivity index (χ3v) is 4.89. The molecular weight excluding hydrogens is 246 g/mol. The smallest absolute Gasteiger partial charge is 0.0499 e. The molecule has 0 aromatic heterocycles. The lowest BCUT2D eigenvalue weighted by Gasteiger charge is -2.29. The lowest BCUT2D eigenvalue weighted by molar-refractivity contribution is 0.125. The van der Waals surface area contributed by atoms with Gasteiger partial charge in [-0.15, -0.1) is 0 Å². The Balaban J connectivity index is 1.92. The molecule has 1 unspecified atom stereocenters. The molecule has 1 aliphatic carbocycles. The van der Waals surface area contributed by atoms with Crippen LogP contribution < -0.4 is 5.32 Å². The highest BCUT2D eigenvalue weighted by molar-refractivity contribution is 5.26. The van der Waals surface area contributed by atoms with E-state index in [0.717, 1.165) is 19.4 Å². The Morgan fingerprint density at radius 2 is 1.60 bits per heavy atom. The first kappa shape index (κ1) is 15.5. The maximum Gasteiger partial charge on any atom is 0.0499 e. The second kappa shape index (κ2) is 6.73. The SMILES string of the molecule is CC(C)c1ccc(C(C)NCC2(CO)CCCC2)cc1. The Bertz CT molecular complexity index is 404. The minimum atomic E-state index is 0.131. The van der Waals surface area contributed by atoms with Gasteiger partial charge in [-0.3, -0.25) is 0 Å². The van der Waals surface area contributed by atoms with Crippen LogP contribution in [0.4, 0.5) is 0 Å². The molecule has 1 saturated carbocycles. The zero-order chi connectivity index (χ0) is 14.6. The molecular formula is C18H29NO. The van der Waals surface area contributed by atoms with Gasteiger partial charge in [-0.2, -0.15) is 0 Å². The van der Waals surface area contributed by atoms with Crippen LogP contribution in [0.2, 0.25) is 0 Å². The molecule has 0 amide bonds. The van der Waals surface area contributed by atoms with E-state index in [2.05, 4.69) is 50.4 Å². The van der Waals surface area contributed by atoms with Crippen LogP contribution in [0.1, 0.15) is 69.5 Å². The largest absolute Gasteiger partial charge is 0.396 e. The van der Waals surface area contributed by atoms with Gasteiger partial charge in [0.15, 0.2) is 0 Å². The topological polar surface area (TPSA) is 32.3 Å². The second-order valence-corrected chi connectivity index (χ2v) is 6.79. The van der Waals surface area contributed by atoms with Crippen molar-refractivity contribution >= 4 is 0 Å². The Hall–Kier alpha value is -0.860. The molecule has 112 valence electrons. The van der Waals surface area contributed by atoms with Gasteiger partial charge in [0.2, 0.25) is 0 Å². The predicted octanol–water partition coefficient (Wildman–Crippen LogP) is 4.01. The van der Waals surface area contributed by atoms with Crippen molar-refractivity contribution in [1.82, 2.24) is 5.32 Å². The van der Waals surface area contributed by atoms with Crippen molar-refractivity contribution in [2.45, 2.75) is 58.4 Å². The van der Waals surface area contributed by atoms with Gasteiger partial charge >= 0.3 is 0 Å². The molecule has 0 radical (unpaired) electrons. The number of benzene rings is 1. The number of nitrogens with one attached hydrogen (secondary N) is 1. The van der Waals surface area contributed by atoms with Crippen molar-refractivity contribution in [3.63, 3.8) is 0 Å². The summed E-state index contributed by atoms with van der Waals surface area (Å²) in [6.45, 7) is 7.91. The predicted molar refractivity (Wildman–Crippen MR) is 84.9 cm³/mol. The molecule has 1 aromatic carbocycles. The van der Waals surface area contributed by atoms with Crippen molar-refractivity contribution in [3.05, 3.63) is 35.4 Å². The first-order valence-electron chi connectivity index (χ1n) is 8.00. The molecule has 20 heavy (non-hydrogen) atoms. The van der Waals surface area contributed by atoms with E-state index in [0.29, 0.717) is 18.6 Å². The van der Waals surface area contributed by atoms with E-state index in [4.69, 9.17) is 0 Å². The molecule has 0 heterocycles. The summed E-state index contributed by atoms with van der Waals surface area (Å²) in [5.74, 6) is 0.587. The molecule has 2 rings (SSSR count). The lowest BCUT2D eigenvalue weighted by atomic mass is 9.87. The maximum absolute atomic E-state index is 9.66. The summed E-state index contributed by atoms with van der Waals surface area (Å²) in [5.41, 5.74) is 2.86. The Morgan fingerprint density at radius 3 is 2.10 bits per heavy atom. The maximum atomic E-state index is 9.66. The van der Waals surface area contributed by atoms with E-state index in [1.54, 1.807) is 0 Å². The van der Waals surface area contributed by atoms with Crippen LogP contribution in [0.25, 0.3) is 0 Å². The summed E-state index contributed by atoms with van der Waals surface area (Å²) in [6.07, 6.45) is 4.85. The molecule has 1 aromatic rings. The fraction of sp³-hybridized carbons (Fsp3) is 0.667. The first-order valence-corrected chi connectivity index (χ1v) is 8.00. The van der Waals surface area contributed by atoms with Gasteiger partial charge in [-0.1, -0.05) is 51.0 Å². The van der Waals surface area contributed by atoms with E-state index in [-0.39, 0.29) is 5.41 Å². The van der Waals surface area contributed by atoms with Crippen LogP contribution in [-0.2, 0) is 0 Å². The van der Waals surface area contributed by atoms with Crippen LogP contribution in [0.5, 0.6) is 0 Å². The highest BCUT2D eigenvalue weighted by atomic mass is 16.3. The summed E-state index contributed by atoms with van der Waals surface area (Å²) in [7, 11) is 0. The van der Waals surface area contributed by atoms with Crippen LogP contribution in [0.15, 0.2) is 24.3 Å². The molecule has 0 saturated heterocycles. The minimum Gasteiger partial charge on any atom is -0.396 e. The van der Waals surface area contributed by atoms with E-state index in [9.17, 15) is 5.11 Å². The van der Waals surface area contributed by atoms with E-state index in [1.807, 2.05) is 0 Å². The van der Waals surface area contributed by atoms with Gasteiger partial charge < -0.3 is 10.4 Å². The fourth-order valence-electron chi connectivity index (χ4n) is 3.17. The quantitative estimate of drug-likeness (QED) is 0.822. The van der Waals surface area contributed by atoms with Crippen molar-refractivity contribution in [2.75, 3.05) is 13.2 Å². The van der Waals surface area contributed by atoms with Gasteiger partial charge in [-0.05, 0) is 36.8 Å². The molecule has 0 bridgehead atoms. The molecule has 0 spiro atoms. The highest BCUT2D eigenvalue weighted by Gasteiger charge is 2.33. The van der Waals surface area contributed by atoms with Gasteiger partial charge in [0.1, 0.15) is 0 Å². The zero-order valence-electron chi connectivity index (χ0n) is 13.2. The van der Waals surface area contributed by atoms with E-state index < -0.39 is 0 Å². The monoisotopic (exact) mass is 275 g/mol. The van der Waals surface area contributed by atoms with Crippen LogP contribution >= 0.6 is 0 Å². The molecule has 1 atom stereocenters. The number of hydrogen-bond acceptors (Lipinski definition) is 2. The minimum absolute atomic E-state index is 0.131. The van der Waals surface area contributed by atoms with Crippen molar-refractivity contribution < 1.29 is 5.11 Å². The molecule has 1 fully saturated rings. The van der Waals surface area contributed by atoms with Crippen molar-refractivity contribution in [1.29, 1.82) is 0 Å². The average Bonchev–Trinajstić information content (AvgIpc) is 2.94. The van der Waals surface area contributed by atoms with Gasteiger partial charge in [0, 0.05) is 24.6 Å². The Labute approximate surface area is 123 Å². The number of aliphatic hydroxyl groups excluding tert-OH is 1. The fourth-order valence-corrected chi connectivity index (χ4v) is 3.17. The van der Waals surface area contributed by atoms with Crippen molar-refractivity contribution in [2.24, 2.45) is 5.41 Å². The van der Waals surface area contributed by atoms with Gasteiger partial charge in [0.05, 0.1) is 0 Å². The zero-order valence-corrected chi connectivity index (χ0v) is 13.2. The molecule has 1 aliphatic rings. The Kier molecular flexibility index (Phi) is 5.22. The summed E-state index contributed by atoms with van der Waals surface area (Å²) >= 11 is 0. The van der Waals surface area contributed by atoms with Gasteiger partial charge in [0.25, 0.3) is 0 Å². The van der Waals surface area contributed by atoms with Gasteiger partial charge in [-0.25, -0.2) is 0 Å². The Morgan fingerprint density at radius 1 is 1.05 bits per heavy atom. The molecule has 2 N–H and O–H groups in total.